The van der Waals surface area contributed by atoms with Crippen LogP contribution in [-0.4, -0.2) is 24.0 Å². The predicted octanol–water partition coefficient (Wildman–Crippen LogP) is 3.25. The fourth-order valence-corrected chi connectivity index (χ4v) is 2.61. The number of carboxylic acid groups (broad SMARTS) is 1. The third kappa shape index (κ3) is 4.18. The lowest BCUT2D eigenvalue weighted by Gasteiger charge is -2.32. The van der Waals surface area contributed by atoms with E-state index < -0.39 is 11.4 Å². The van der Waals surface area contributed by atoms with Gasteiger partial charge in [-0.25, -0.2) is 0 Å². The van der Waals surface area contributed by atoms with Gasteiger partial charge in [-0.2, -0.15) is 0 Å². The molecule has 21 heavy (non-hydrogen) atoms. The summed E-state index contributed by atoms with van der Waals surface area (Å²) in [5, 5.41) is 9.50. The number of hydrogen-bond donors (Lipinski definition) is 1. The molecule has 0 unspecified atom stereocenters. The van der Waals surface area contributed by atoms with Crippen molar-refractivity contribution >= 4 is 11.8 Å². The number of ketones is 1. The average Bonchev–Trinajstić information content (AvgIpc) is 2.52. The second-order valence-corrected chi connectivity index (χ2v) is 5.15. The van der Waals surface area contributed by atoms with Crippen molar-refractivity contribution in [2.45, 2.75) is 32.1 Å². The molecule has 0 aromatic heterocycles. The number of Topliss-reactive ketones (excluding diaryl/α,β-unsaturated/α-hetero) is 1. The second kappa shape index (κ2) is 7.62. The molecule has 0 atom stereocenters. The second-order valence-electron chi connectivity index (χ2n) is 5.15. The lowest BCUT2D eigenvalue weighted by molar-refractivity contribution is -0.151. The Balaban J connectivity index is 0.00000106. The zero-order valence-corrected chi connectivity index (χ0v) is 12.4. The molecular weight excluding hydrogens is 268 g/mol. The predicted molar refractivity (Wildman–Crippen MR) is 81.5 cm³/mol. The van der Waals surface area contributed by atoms with E-state index in [1.165, 1.54) is 0 Å². The third-order valence-electron chi connectivity index (χ3n) is 3.92. The van der Waals surface area contributed by atoms with E-state index in [1.807, 2.05) is 24.3 Å². The molecule has 0 bridgehead atoms. The van der Waals surface area contributed by atoms with E-state index in [1.54, 1.807) is 7.11 Å². The molecule has 1 aromatic rings. The summed E-state index contributed by atoms with van der Waals surface area (Å²) in [5.41, 5.74) is 0.181. The van der Waals surface area contributed by atoms with Gasteiger partial charge in [0, 0.05) is 12.8 Å². The number of carbonyl (C=O) groups excluding carboxylic acids is 1. The molecule has 0 heterocycles. The molecule has 0 radical (unpaired) electrons. The highest BCUT2D eigenvalue weighted by molar-refractivity contribution is 5.84. The highest BCUT2D eigenvalue weighted by atomic mass is 16.5. The molecular formula is C17H22O4. The molecule has 1 aliphatic carbocycles. The van der Waals surface area contributed by atoms with Crippen LogP contribution in [0.1, 0.15) is 31.2 Å². The minimum absolute atomic E-state index is 0.173. The van der Waals surface area contributed by atoms with Gasteiger partial charge in [0.2, 0.25) is 0 Å². The summed E-state index contributed by atoms with van der Waals surface area (Å²) in [5.74, 6) is 0.134. The molecule has 1 aromatic carbocycles. The van der Waals surface area contributed by atoms with Gasteiger partial charge < -0.3 is 9.84 Å². The van der Waals surface area contributed by atoms with Crippen molar-refractivity contribution in [1.29, 1.82) is 0 Å². The number of carboxylic acids is 1. The fourth-order valence-electron chi connectivity index (χ4n) is 2.61. The lowest BCUT2D eigenvalue weighted by atomic mass is 9.70. The highest BCUT2D eigenvalue weighted by Crippen LogP contribution is 2.38. The summed E-state index contributed by atoms with van der Waals surface area (Å²) in [6.07, 6.45) is 2.10. The van der Waals surface area contributed by atoms with Gasteiger partial charge >= 0.3 is 5.97 Å². The van der Waals surface area contributed by atoms with Gasteiger partial charge in [-0.15, -0.1) is 13.2 Å². The molecule has 0 spiro atoms. The van der Waals surface area contributed by atoms with E-state index in [0.717, 1.165) is 11.3 Å². The van der Waals surface area contributed by atoms with E-state index in [2.05, 4.69) is 13.2 Å². The van der Waals surface area contributed by atoms with Crippen LogP contribution >= 0.6 is 0 Å². The van der Waals surface area contributed by atoms with Gasteiger partial charge in [0.15, 0.2) is 0 Å². The van der Waals surface area contributed by atoms with Crippen LogP contribution in [-0.2, 0) is 16.0 Å². The lowest BCUT2D eigenvalue weighted by Crippen LogP contribution is -2.37. The monoisotopic (exact) mass is 290 g/mol. The first-order chi connectivity index (χ1) is 10.1. The van der Waals surface area contributed by atoms with Gasteiger partial charge in [-0.05, 0) is 37.0 Å². The minimum Gasteiger partial charge on any atom is -0.497 e. The van der Waals surface area contributed by atoms with Crippen molar-refractivity contribution < 1.29 is 19.4 Å². The van der Waals surface area contributed by atoms with E-state index in [4.69, 9.17) is 4.74 Å². The largest absolute Gasteiger partial charge is 0.497 e. The Bertz CT molecular complexity index is 480. The fraction of sp³-hybridized carbons (Fsp3) is 0.412. The van der Waals surface area contributed by atoms with Crippen LogP contribution in [0, 0.1) is 5.41 Å². The topological polar surface area (TPSA) is 63.6 Å². The Morgan fingerprint density at radius 2 is 1.76 bits per heavy atom. The maximum Gasteiger partial charge on any atom is 0.309 e. The third-order valence-corrected chi connectivity index (χ3v) is 3.92. The van der Waals surface area contributed by atoms with E-state index >= 15 is 0 Å². The summed E-state index contributed by atoms with van der Waals surface area (Å²) >= 11 is 0. The first-order valence-corrected chi connectivity index (χ1v) is 6.94. The zero-order chi connectivity index (χ0) is 15.9. The van der Waals surface area contributed by atoms with Crippen molar-refractivity contribution in [1.82, 2.24) is 0 Å². The Hall–Kier alpha value is -2.10. The van der Waals surface area contributed by atoms with E-state index in [9.17, 15) is 14.7 Å². The Morgan fingerprint density at radius 3 is 2.19 bits per heavy atom. The van der Waals surface area contributed by atoms with E-state index in [0.29, 0.717) is 32.1 Å². The Kier molecular flexibility index (Phi) is 6.15. The van der Waals surface area contributed by atoms with Crippen molar-refractivity contribution in [2.24, 2.45) is 5.41 Å². The van der Waals surface area contributed by atoms with Crippen LogP contribution in [0.3, 0.4) is 0 Å². The Labute approximate surface area is 125 Å². The van der Waals surface area contributed by atoms with Crippen LogP contribution in [0.4, 0.5) is 0 Å². The van der Waals surface area contributed by atoms with E-state index in [-0.39, 0.29) is 5.78 Å². The first-order valence-electron chi connectivity index (χ1n) is 6.94. The molecule has 1 saturated carbocycles. The number of aliphatic carboxylic acids is 1. The molecule has 1 N–H and O–H groups in total. The number of methoxy groups -OCH3 is 1. The summed E-state index contributed by atoms with van der Waals surface area (Å²) in [6, 6.07) is 7.44. The molecule has 1 aliphatic rings. The maximum absolute atomic E-state index is 11.6. The molecule has 0 amide bonds. The highest BCUT2D eigenvalue weighted by Gasteiger charge is 2.41. The number of rotatable bonds is 4. The smallest absolute Gasteiger partial charge is 0.309 e. The van der Waals surface area contributed by atoms with Gasteiger partial charge in [0.1, 0.15) is 11.5 Å². The van der Waals surface area contributed by atoms with Gasteiger partial charge in [0.25, 0.3) is 0 Å². The van der Waals surface area contributed by atoms with Crippen molar-refractivity contribution in [3.63, 3.8) is 0 Å². The Morgan fingerprint density at radius 1 is 1.24 bits per heavy atom. The SMILES string of the molecule is C=C.COc1ccc(CC2(C(=O)O)CCC(=O)CC2)cc1. The summed E-state index contributed by atoms with van der Waals surface area (Å²) in [6.45, 7) is 6.00. The van der Waals surface area contributed by atoms with Crippen molar-refractivity contribution in [2.75, 3.05) is 7.11 Å². The van der Waals surface area contributed by atoms with Gasteiger partial charge in [-0.1, -0.05) is 12.1 Å². The summed E-state index contributed by atoms with van der Waals surface area (Å²) < 4.78 is 5.08. The van der Waals surface area contributed by atoms with Crippen molar-refractivity contribution in [3.05, 3.63) is 43.0 Å². The molecule has 114 valence electrons. The van der Waals surface area contributed by atoms with Gasteiger partial charge in [-0.3, -0.25) is 9.59 Å². The summed E-state index contributed by atoms with van der Waals surface area (Å²) in [4.78, 5) is 22.9. The van der Waals surface area contributed by atoms with Crippen LogP contribution in [0.25, 0.3) is 0 Å². The van der Waals surface area contributed by atoms with Crippen LogP contribution in [0.5, 0.6) is 5.75 Å². The van der Waals surface area contributed by atoms with Gasteiger partial charge in [0.05, 0.1) is 12.5 Å². The number of benzene rings is 1. The van der Waals surface area contributed by atoms with Crippen LogP contribution in [0.15, 0.2) is 37.4 Å². The first kappa shape index (κ1) is 17.0. The zero-order valence-electron chi connectivity index (χ0n) is 12.4. The molecule has 0 aliphatic heterocycles. The minimum atomic E-state index is -0.796. The normalized spacial score (nSPS) is 16.5. The average molecular weight is 290 g/mol. The molecule has 0 saturated heterocycles. The number of carbonyl (C=O) groups is 2. The molecule has 1 fully saturated rings. The standard InChI is InChI=1S/C15H18O4.C2H4/c1-19-13-4-2-11(3-5-13)10-15(14(17)18)8-6-12(16)7-9-15;1-2/h2-5H,6-10H2,1H3,(H,17,18);1-2H2. The number of ether oxygens (including phenoxy) is 1. The van der Waals surface area contributed by atoms with Crippen LogP contribution in [0.2, 0.25) is 0 Å². The molecule has 2 rings (SSSR count). The van der Waals surface area contributed by atoms with Crippen LogP contribution < -0.4 is 4.74 Å². The quantitative estimate of drug-likeness (QED) is 0.865. The van der Waals surface area contributed by atoms with Crippen molar-refractivity contribution in [3.8, 4) is 5.75 Å². The number of hydrogen-bond acceptors (Lipinski definition) is 3. The molecule has 4 heteroatoms. The summed E-state index contributed by atoms with van der Waals surface area (Å²) in [7, 11) is 1.60. The molecule has 4 nitrogen and oxygen atoms in total. The maximum atomic E-state index is 11.6.